The van der Waals surface area contributed by atoms with Gasteiger partial charge in [0.05, 0.1) is 12.3 Å². The molecular formula is C13H13NO2. The number of hydrogen-bond acceptors (Lipinski definition) is 3. The summed E-state index contributed by atoms with van der Waals surface area (Å²) >= 11 is 0. The predicted octanol–water partition coefficient (Wildman–Crippen LogP) is 2.90. The maximum absolute atomic E-state index is 5.67. The average Bonchev–Trinajstić information content (AvgIpc) is 2.99. The van der Waals surface area contributed by atoms with Crippen molar-refractivity contribution in [2.24, 2.45) is 4.99 Å². The molecule has 1 unspecified atom stereocenters. The van der Waals surface area contributed by atoms with Crippen molar-refractivity contribution >= 4 is 17.7 Å². The van der Waals surface area contributed by atoms with Crippen LogP contribution < -0.4 is 0 Å². The van der Waals surface area contributed by atoms with Crippen molar-refractivity contribution in [3.05, 3.63) is 35.9 Å². The van der Waals surface area contributed by atoms with E-state index in [-0.39, 0.29) is 0 Å². The SMILES string of the molecule is CCCOC12C=Cc3ccccc3N=C1O2. The molecule has 3 nitrogen and oxygen atoms in total. The van der Waals surface area contributed by atoms with Gasteiger partial charge in [-0.25, -0.2) is 4.99 Å². The highest BCUT2D eigenvalue weighted by molar-refractivity contribution is 6.02. The fourth-order valence-corrected chi connectivity index (χ4v) is 1.76. The van der Waals surface area contributed by atoms with Gasteiger partial charge in [0.2, 0.25) is 0 Å². The van der Waals surface area contributed by atoms with Crippen LogP contribution in [-0.4, -0.2) is 18.3 Å². The average molecular weight is 215 g/mol. The summed E-state index contributed by atoms with van der Waals surface area (Å²) in [5, 5.41) is 0. The van der Waals surface area contributed by atoms with Crippen molar-refractivity contribution < 1.29 is 9.47 Å². The number of fused-ring (bicyclic) bond motifs is 2. The number of para-hydroxylation sites is 1. The van der Waals surface area contributed by atoms with Crippen molar-refractivity contribution in [1.29, 1.82) is 0 Å². The summed E-state index contributed by atoms with van der Waals surface area (Å²) in [6.45, 7) is 2.75. The maximum atomic E-state index is 5.67. The standard InChI is InChI=1S/C13H13NO2/c1-2-9-15-13-8-7-10-5-3-4-6-11(10)14-12(13)16-13/h3-8H,2,9H2,1H3. The number of aliphatic imine (C=N–C) groups is 1. The first-order chi connectivity index (χ1) is 7.84. The molecule has 3 rings (SSSR count). The summed E-state index contributed by atoms with van der Waals surface area (Å²) in [5.41, 5.74) is 2.04. The first kappa shape index (κ1) is 9.60. The van der Waals surface area contributed by atoms with Gasteiger partial charge in [0.1, 0.15) is 0 Å². The molecule has 0 bridgehead atoms. The van der Waals surface area contributed by atoms with Crippen LogP contribution in [-0.2, 0) is 9.47 Å². The molecule has 0 amide bonds. The van der Waals surface area contributed by atoms with Gasteiger partial charge in [-0.1, -0.05) is 25.1 Å². The van der Waals surface area contributed by atoms with E-state index in [1.807, 2.05) is 36.4 Å². The predicted molar refractivity (Wildman–Crippen MR) is 62.6 cm³/mol. The quantitative estimate of drug-likeness (QED) is 0.726. The van der Waals surface area contributed by atoms with E-state index in [2.05, 4.69) is 11.9 Å². The van der Waals surface area contributed by atoms with E-state index in [0.717, 1.165) is 17.7 Å². The summed E-state index contributed by atoms with van der Waals surface area (Å²) in [6, 6.07) is 7.98. The van der Waals surface area contributed by atoms with Gasteiger partial charge >= 0.3 is 5.79 Å². The fourth-order valence-electron chi connectivity index (χ4n) is 1.76. The van der Waals surface area contributed by atoms with E-state index in [1.54, 1.807) is 0 Å². The molecule has 0 saturated carbocycles. The minimum absolute atomic E-state index is 0.669. The van der Waals surface area contributed by atoms with E-state index in [4.69, 9.17) is 9.47 Å². The first-order valence-electron chi connectivity index (χ1n) is 5.54. The number of nitrogens with zero attached hydrogens (tertiary/aromatic N) is 1. The van der Waals surface area contributed by atoms with Crippen LogP contribution in [0.4, 0.5) is 5.69 Å². The topological polar surface area (TPSA) is 34.1 Å². The van der Waals surface area contributed by atoms with E-state index in [1.165, 1.54) is 0 Å². The Morgan fingerprint density at radius 1 is 1.38 bits per heavy atom. The van der Waals surface area contributed by atoms with Crippen LogP contribution in [0.3, 0.4) is 0 Å². The summed E-state index contributed by atoms with van der Waals surface area (Å²) in [7, 11) is 0. The van der Waals surface area contributed by atoms with E-state index >= 15 is 0 Å². The van der Waals surface area contributed by atoms with Crippen LogP contribution in [0.2, 0.25) is 0 Å². The number of hydrogen-bond donors (Lipinski definition) is 0. The first-order valence-corrected chi connectivity index (χ1v) is 5.54. The minimum Gasteiger partial charge on any atom is -0.430 e. The third kappa shape index (κ3) is 1.44. The van der Waals surface area contributed by atoms with Gasteiger partial charge in [-0.15, -0.1) is 0 Å². The molecule has 0 radical (unpaired) electrons. The molecule has 1 fully saturated rings. The van der Waals surface area contributed by atoms with Crippen LogP contribution in [0.1, 0.15) is 18.9 Å². The largest absolute Gasteiger partial charge is 0.430 e. The highest BCUT2D eigenvalue weighted by Crippen LogP contribution is 2.40. The normalized spacial score (nSPS) is 24.9. The van der Waals surface area contributed by atoms with Crippen molar-refractivity contribution in [3.8, 4) is 0 Å². The maximum Gasteiger partial charge on any atom is 0.310 e. The lowest BCUT2D eigenvalue weighted by Gasteiger charge is -2.03. The molecular weight excluding hydrogens is 202 g/mol. The van der Waals surface area contributed by atoms with Crippen LogP contribution in [0, 0.1) is 0 Å². The lowest BCUT2D eigenvalue weighted by atomic mass is 10.1. The Kier molecular flexibility index (Phi) is 2.07. The summed E-state index contributed by atoms with van der Waals surface area (Å²) in [4.78, 5) is 4.45. The number of ether oxygens (including phenoxy) is 2. The van der Waals surface area contributed by atoms with Crippen LogP contribution in [0.15, 0.2) is 35.3 Å². The second-order valence-electron chi connectivity index (χ2n) is 3.93. The molecule has 16 heavy (non-hydrogen) atoms. The molecule has 2 aliphatic rings. The smallest absolute Gasteiger partial charge is 0.310 e. The fraction of sp³-hybridized carbons (Fsp3) is 0.308. The molecule has 0 N–H and O–H groups in total. The summed E-state index contributed by atoms with van der Waals surface area (Å²) in [5.74, 6) is -0.00294. The molecule has 3 heteroatoms. The monoisotopic (exact) mass is 215 g/mol. The Labute approximate surface area is 94.4 Å². The molecule has 2 heterocycles. The zero-order valence-corrected chi connectivity index (χ0v) is 9.14. The molecule has 0 aliphatic carbocycles. The lowest BCUT2D eigenvalue weighted by molar-refractivity contribution is -0.00637. The highest BCUT2D eigenvalue weighted by atomic mass is 16.8. The number of benzene rings is 1. The van der Waals surface area contributed by atoms with Gasteiger partial charge < -0.3 is 9.47 Å². The molecule has 1 aromatic rings. The van der Waals surface area contributed by atoms with E-state index in [9.17, 15) is 0 Å². The third-order valence-electron chi connectivity index (χ3n) is 2.67. The van der Waals surface area contributed by atoms with Gasteiger partial charge in [0, 0.05) is 5.56 Å². The summed E-state index contributed by atoms with van der Waals surface area (Å²) in [6.07, 6.45) is 4.92. The Bertz CT molecular complexity index is 479. The lowest BCUT2D eigenvalue weighted by Crippen LogP contribution is -2.14. The van der Waals surface area contributed by atoms with Crippen molar-refractivity contribution in [2.45, 2.75) is 19.1 Å². The van der Waals surface area contributed by atoms with Gasteiger partial charge in [0.25, 0.3) is 5.90 Å². The Morgan fingerprint density at radius 3 is 3.12 bits per heavy atom. The summed E-state index contributed by atoms with van der Waals surface area (Å²) < 4.78 is 11.1. The van der Waals surface area contributed by atoms with E-state index < -0.39 is 5.79 Å². The molecule has 0 aromatic heterocycles. The van der Waals surface area contributed by atoms with Gasteiger partial charge in [-0.3, -0.25) is 0 Å². The number of rotatable bonds is 3. The Balaban J connectivity index is 1.93. The molecule has 2 aliphatic heterocycles. The second kappa shape index (κ2) is 3.46. The Hall–Kier alpha value is -1.61. The molecule has 1 aromatic carbocycles. The molecule has 1 saturated heterocycles. The van der Waals surface area contributed by atoms with Crippen LogP contribution >= 0.6 is 0 Å². The van der Waals surface area contributed by atoms with Crippen molar-refractivity contribution in [1.82, 2.24) is 0 Å². The molecule has 1 atom stereocenters. The zero-order chi connectivity index (χ0) is 11.0. The van der Waals surface area contributed by atoms with Gasteiger partial charge in [0.15, 0.2) is 0 Å². The molecule has 82 valence electrons. The molecule has 0 spiro atoms. The zero-order valence-electron chi connectivity index (χ0n) is 9.14. The number of epoxide rings is 1. The van der Waals surface area contributed by atoms with E-state index in [0.29, 0.717) is 12.5 Å². The minimum atomic E-state index is -0.672. The second-order valence-corrected chi connectivity index (χ2v) is 3.93. The third-order valence-corrected chi connectivity index (χ3v) is 2.67. The Morgan fingerprint density at radius 2 is 2.25 bits per heavy atom. The highest BCUT2D eigenvalue weighted by Gasteiger charge is 2.55. The van der Waals surface area contributed by atoms with Crippen molar-refractivity contribution in [2.75, 3.05) is 6.61 Å². The van der Waals surface area contributed by atoms with Gasteiger partial charge in [-0.05, 0) is 24.6 Å². The van der Waals surface area contributed by atoms with Crippen molar-refractivity contribution in [3.63, 3.8) is 0 Å². The van der Waals surface area contributed by atoms with Crippen LogP contribution in [0.5, 0.6) is 0 Å². The van der Waals surface area contributed by atoms with Gasteiger partial charge in [-0.2, -0.15) is 0 Å². The van der Waals surface area contributed by atoms with Crippen LogP contribution in [0.25, 0.3) is 6.08 Å².